The quantitative estimate of drug-likeness (QED) is 0.873. The molecule has 0 aliphatic carbocycles. The lowest BCUT2D eigenvalue weighted by Gasteiger charge is -2.35. The summed E-state index contributed by atoms with van der Waals surface area (Å²) in [5.41, 5.74) is 6.30. The van der Waals surface area contributed by atoms with E-state index in [4.69, 9.17) is 26.8 Å². The van der Waals surface area contributed by atoms with Crippen LogP contribution in [-0.2, 0) is 9.53 Å². The van der Waals surface area contributed by atoms with Gasteiger partial charge < -0.3 is 20.5 Å². The number of amides is 1. The molecule has 6 heteroatoms. The molecule has 0 bridgehead atoms. The highest BCUT2D eigenvalue weighted by Crippen LogP contribution is 2.37. The highest BCUT2D eigenvalue weighted by molar-refractivity contribution is 6.32. The molecule has 2 aliphatic rings. The van der Waals surface area contributed by atoms with Crippen LogP contribution in [0, 0.1) is 0 Å². The standard InChI is InChI=1S/C15H19ClN2O3/c16-11-3-1-2-10-12(4-7-21-13(10)11)18-14(19)15(17)5-8-20-9-6-15/h1-3,12H,4-9,17H2,(H,18,19). The minimum absolute atomic E-state index is 0.108. The Hall–Kier alpha value is -1.30. The zero-order valence-electron chi connectivity index (χ0n) is 11.7. The van der Waals surface area contributed by atoms with Crippen LogP contribution in [0.1, 0.15) is 30.9 Å². The van der Waals surface area contributed by atoms with Gasteiger partial charge in [0.15, 0.2) is 0 Å². The fourth-order valence-electron chi connectivity index (χ4n) is 2.80. The number of ether oxygens (including phenoxy) is 2. The molecule has 1 aromatic carbocycles. The summed E-state index contributed by atoms with van der Waals surface area (Å²) >= 11 is 6.14. The molecule has 1 atom stereocenters. The maximum Gasteiger partial charge on any atom is 0.240 e. The fourth-order valence-corrected chi connectivity index (χ4v) is 3.04. The van der Waals surface area contributed by atoms with Crippen LogP contribution in [0.5, 0.6) is 5.75 Å². The predicted octanol–water partition coefficient (Wildman–Crippen LogP) is 1.79. The second kappa shape index (κ2) is 5.83. The number of carbonyl (C=O) groups excluding carboxylic acids is 1. The molecule has 1 fully saturated rings. The fraction of sp³-hybridized carbons (Fsp3) is 0.533. The first kappa shape index (κ1) is 14.6. The van der Waals surface area contributed by atoms with Crippen LogP contribution in [-0.4, -0.2) is 31.3 Å². The van der Waals surface area contributed by atoms with Gasteiger partial charge in [0.25, 0.3) is 0 Å². The summed E-state index contributed by atoms with van der Waals surface area (Å²) in [5.74, 6) is 0.539. The average molecular weight is 311 g/mol. The summed E-state index contributed by atoms with van der Waals surface area (Å²) in [7, 11) is 0. The Bertz CT molecular complexity index is 544. The van der Waals surface area contributed by atoms with Crippen molar-refractivity contribution in [3.63, 3.8) is 0 Å². The lowest BCUT2D eigenvalue weighted by Crippen LogP contribution is -2.57. The molecule has 3 N–H and O–H groups in total. The van der Waals surface area contributed by atoms with Crippen LogP contribution >= 0.6 is 11.6 Å². The van der Waals surface area contributed by atoms with Crippen LogP contribution in [0.3, 0.4) is 0 Å². The maximum absolute atomic E-state index is 12.5. The van der Waals surface area contributed by atoms with E-state index in [1.165, 1.54) is 0 Å². The third-order valence-electron chi connectivity index (χ3n) is 4.17. The molecule has 3 rings (SSSR count). The molecule has 2 heterocycles. The normalized spacial score (nSPS) is 23.8. The summed E-state index contributed by atoms with van der Waals surface area (Å²) < 4.78 is 10.9. The smallest absolute Gasteiger partial charge is 0.240 e. The molecular formula is C15H19ClN2O3. The van der Waals surface area contributed by atoms with Gasteiger partial charge in [0.1, 0.15) is 5.75 Å². The van der Waals surface area contributed by atoms with Crippen molar-refractivity contribution in [2.24, 2.45) is 5.73 Å². The van der Waals surface area contributed by atoms with Gasteiger partial charge in [-0.2, -0.15) is 0 Å². The van der Waals surface area contributed by atoms with Gasteiger partial charge in [-0.1, -0.05) is 23.7 Å². The minimum atomic E-state index is -0.838. The summed E-state index contributed by atoms with van der Waals surface area (Å²) in [4.78, 5) is 12.5. The third kappa shape index (κ3) is 2.86. The SMILES string of the molecule is NC1(C(=O)NC2CCOc3c(Cl)cccc32)CCOCC1. The Morgan fingerprint density at radius 3 is 2.86 bits per heavy atom. The molecule has 0 saturated carbocycles. The van der Waals surface area contributed by atoms with Gasteiger partial charge >= 0.3 is 0 Å². The second-order valence-electron chi connectivity index (χ2n) is 5.59. The van der Waals surface area contributed by atoms with Crippen LogP contribution in [0.2, 0.25) is 5.02 Å². The summed E-state index contributed by atoms with van der Waals surface area (Å²) in [6.45, 7) is 1.59. The molecule has 1 amide bonds. The van der Waals surface area contributed by atoms with Gasteiger partial charge in [-0.25, -0.2) is 0 Å². The minimum Gasteiger partial charge on any atom is -0.492 e. The van der Waals surface area contributed by atoms with Crippen molar-refractivity contribution in [3.05, 3.63) is 28.8 Å². The molecule has 114 valence electrons. The van der Waals surface area contributed by atoms with Crippen LogP contribution < -0.4 is 15.8 Å². The van der Waals surface area contributed by atoms with Gasteiger partial charge in [0, 0.05) is 25.2 Å². The number of benzene rings is 1. The van der Waals surface area contributed by atoms with E-state index in [0.717, 1.165) is 5.56 Å². The lowest BCUT2D eigenvalue weighted by molar-refractivity contribution is -0.130. The van der Waals surface area contributed by atoms with E-state index in [1.807, 2.05) is 12.1 Å². The third-order valence-corrected chi connectivity index (χ3v) is 4.47. The maximum atomic E-state index is 12.5. The molecule has 21 heavy (non-hydrogen) atoms. The molecule has 0 radical (unpaired) electrons. The van der Waals surface area contributed by atoms with Gasteiger partial charge in [0.05, 0.1) is 23.2 Å². The summed E-state index contributed by atoms with van der Waals surface area (Å²) in [6.07, 6.45) is 1.81. The van der Waals surface area contributed by atoms with Crippen molar-refractivity contribution < 1.29 is 14.3 Å². The van der Waals surface area contributed by atoms with E-state index in [9.17, 15) is 4.79 Å². The van der Waals surface area contributed by atoms with E-state index in [-0.39, 0.29) is 11.9 Å². The highest BCUT2D eigenvalue weighted by Gasteiger charge is 2.37. The van der Waals surface area contributed by atoms with E-state index < -0.39 is 5.54 Å². The Morgan fingerprint density at radius 2 is 2.10 bits per heavy atom. The van der Waals surface area contributed by atoms with Crippen molar-refractivity contribution in [1.29, 1.82) is 0 Å². The molecule has 1 saturated heterocycles. The number of carbonyl (C=O) groups is 1. The van der Waals surface area contributed by atoms with E-state index >= 15 is 0 Å². The molecule has 1 unspecified atom stereocenters. The Balaban J connectivity index is 1.77. The number of rotatable bonds is 2. The molecule has 0 aromatic heterocycles. The van der Waals surface area contributed by atoms with Crippen LogP contribution in [0.15, 0.2) is 18.2 Å². The van der Waals surface area contributed by atoms with Crippen LogP contribution in [0.25, 0.3) is 0 Å². The molecular weight excluding hydrogens is 292 g/mol. The molecule has 0 spiro atoms. The van der Waals surface area contributed by atoms with Crippen molar-refractivity contribution in [3.8, 4) is 5.75 Å². The van der Waals surface area contributed by atoms with E-state index in [0.29, 0.717) is 49.9 Å². The van der Waals surface area contributed by atoms with Crippen molar-refractivity contribution in [2.45, 2.75) is 30.8 Å². The first-order valence-electron chi connectivity index (χ1n) is 7.19. The monoisotopic (exact) mass is 310 g/mol. The molecule has 5 nitrogen and oxygen atoms in total. The first-order valence-corrected chi connectivity index (χ1v) is 7.57. The topological polar surface area (TPSA) is 73.6 Å². The van der Waals surface area contributed by atoms with Gasteiger partial charge in [-0.3, -0.25) is 4.79 Å². The van der Waals surface area contributed by atoms with Crippen molar-refractivity contribution >= 4 is 17.5 Å². The largest absolute Gasteiger partial charge is 0.492 e. The Kier molecular flexibility index (Phi) is 4.06. The second-order valence-corrected chi connectivity index (χ2v) is 6.00. The first-order chi connectivity index (χ1) is 10.1. The zero-order chi connectivity index (χ0) is 14.9. The zero-order valence-corrected chi connectivity index (χ0v) is 12.5. The number of para-hydroxylation sites is 1. The Morgan fingerprint density at radius 1 is 1.33 bits per heavy atom. The number of hydrogen-bond donors (Lipinski definition) is 2. The number of halogens is 1. The van der Waals surface area contributed by atoms with E-state index in [1.54, 1.807) is 6.07 Å². The Labute approximate surface area is 128 Å². The van der Waals surface area contributed by atoms with Gasteiger partial charge in [-0.05, 0) is 18.9 Å². The number of nitrogens with one attached hydrogen (secondary N) is 1. The van der Waals surface area contributed by atoms with Crippen molar-refractivity contribution in [2.75, 3.05) is 19.8 Å². The molecule has 1 aromatic rings. The van der Waals surface area contributed by atoms with E-state index in [2.05, 4.69) is 5.32 Å². The lowest BCUT2D eigenvalue weighted by atomic mass is 9.89. The summed E-state index contributed by atoms with van der Waals surface area (Å²) in [6, 6.07) is 5.47. The number of hydrogen-bond acceptors (Lipinski definition) is 4. The number of fused-ring (bicyclic) bond motifs is 1. The summed E-state index contributed by atoms with van der Waals surface area (Å²) in [5, 5.41) is 3.62. The molecule has 2 aliphatic heterocycles. The van der Waals surface area contributed by atoms with Gasteiger partial charge in [0.2, 0.25) is 5.91 Å². The predicted molar refractivity (Wildman–Crippen MR) is 79.4 cm³/mol. The van der Waals surface area contributed by atoms with Crippen LogP contribution in [0.4, 0.5) is 0 Å². The highest BCUT2D eigenvalue weighted by atomic mass is 35.5. The van der Waals surface area contributed by atoms with Gasteiger partial charge in [-0.15, -0.1) is 0 Å². The average Bonchev–Trinajstić information content (AvgIpc) is 2.49. The van der Waals surface area contributed by atoms with Crippen molar-refractivity contribution in [1.82, 2.24) is 5.32 Å². The number of nitrogens with two attached hydrogens (primary N) is 1.